The monoisotopic (exact) mass is 283 g/mol. The smallest absolute Gasteiger partial charge is 0.251 e. The first-order chi connectivity index (χ1) is 8.90. The molecule has 0 aliphatic carbocycles. The van der Waals surface area contributed by atoms with Crippen LogP contribution in [0.4, 0.5) is 5.69 Å². The maximum Gasteiger partial charge on any atom is 0.251 e. The Morgan fingerprint density at radius 2 is 2.05 bits per heavy atom. The predicted octanol–water partition coefficient (Wildman–Crippen LogP) is 1.57. The molecule has 104 valence electrons. The standard InChI is InChI=1S/C13H18ClN3O2/c1-8(2)17-12(18)5-6-16-13(19)9-3-4-11(15)10(14)7-9/h3-4,7-8H,5-6,15H2,1-2H3,(H,16,19)(H,17,18). The molecular weight excluding hydrogens is 266 g/mol. The summed E-state index contributed by atoms with van der Waals surface area (Å²) in [6, 6.07) is 4.76. The number of halogens is 1. The fraction of sp³-hybridized carbons (Fsp3) is 0.385. The van der Waals surface area contributed by atoms with Gasteiger partial charge in [0.1, 0.15) is 0 Å². The molecule has 19 heavy (non-hydrogen) atoms. The highest BCUT2D eigenvalue weighted by molar-refractivity contribution is 6.33. The summed E-state index contributed by atoms with van der Waals surface area (Å²) in [6.45, 7) is 4.04. The molecule has 1 aromatic rings. The second-order valence-corrected chi connectivity index (χ2v) is 4.87. The number of carbonyl (C=O) groups is 2. The van der Waals surface area contributed by atoms with Crippen LogP contribution in [0.1, 0.15) is 30.6 Å². The van der Waals surface area contributed by atoms with Crippen molar-refractivity contribution in [2.45, 2.75) is 26.3 Å². The third-order valence-corrected chi connectivity index (χ3v) is 2.68. The molecule has 2 amide bonds. The van der Waals surface area contributed by atoms with E-state index in [4.69, 9.17) is 17.3 Å². The molecule has 0 saturated carbocycles. The van der Waals surface area contributed by atoms with Crippen LogP contribution in [-0.4, -0.2) is 24.4 Å². The zero-order chi connectivity index (χ0) is 14.4. The first-order valence-corrected chi connectivity index (χ1v) is 6.40. The minimum Gasteiger partial charge on any atom is -0.398 e. The number of nitrogen functional groups attached to an aromatic ring is 1. The zero-order valence-corrected chi connectivity index (χ0v) is 11.8. The Kier molecular flexibility index (Phi) is 5.63. The predicted molar refractivity (Wildman–Crippen MR) is 76.1 cm³/mol. The summed E-state index contributed by atoms with van der Waals surface area (Å²) in [4.78, 5) is 23.1. The van der Waals surface area contributed by atoms with Crippen molar-refractivity contribution >= 4 is 29.1 Å². The summed E-state index contributed by atoms with van der Waals surface area (Å²) in [5.41, 5.74) is 6.40. The minimum absolute atomic E-state index is 0.0920. The summed E-state index contributed by atoms with van der Waals surface area (Å²) in [6.07, 6.45) is 0.243. The van der Waals surface area contributed by atoms with E-state index in [2.05, 4.69) is 10.6 Å². The number of hydrogen-bond donors (Lipinski definition) is 3. The van der Waals surface area contributed by atoms with E-state index in [0.29, 0.717) is 16.3 Å². The lowest BCUT2D eigenvalue weighted by molar-refractivity contribution is -0.121. The normalized spacial score (nSPS) is 10.3. The van der Waals surface area contributed by atoms with Crippen molar-refractivity contribution in [1.82, 2.24) is 10.6 Å². The van der Waals surface area contributed by atoms with Crippen LogP contribution in [0.2, 0.25) is 5.02 Å². The molecule has 0 fully saturated rings. The van der Waals surface area contributed by atoms with E-state index in [0.717, 1.165) is 0 Å². The summed E-state index contributed by atoms with van der Waals surface area (Å²) >= 11 is 5.83. The molecule has 0 heterocycles. The SMILES string of the molecule is CC(C)NC(=O)CCNC(=O)c1ccc(N)c(Cl)c1. The fourth-order valence-corrected chi connectivity index (χ4v) is 1.63. The number of anilines is 1. The van der Waals surface area contributed by atoms with Crippen molar-refractivity contribution in [2.24, 2.45) is 0 Å². The molecule has 5 nitrogen and oxygen atoms in total. The lowest BCUT2D eigenvalue weighted by Gasteiger charge is -2.09. The lowest BCUT2D eigenvalue weighted by Crippen LogP contribution is -2.34. The van der Waals surface area contributed by atoms with Crippen LogP contribution < -0.4 is 16.4 Å². The summed E-state index contributed by atoms with van der Waals surface area (Å²) in [5, 5.41) is 5.73. The van der Waals surface area contributed by atoms with Crippen molar-refractivity contribution in [3.63, 3.8) is 0 Å². The molecule has 0 aliphatic heterocycles. The van der Waals surface area contributed by atoms with E-state index in [9.17, 15) is 9.59 Å². The van der Waals surface area contributed by atoms with Gasteiger partial charge < -0.3 is 16.4 Å². The molecule has 0 spiro atoms. The van der Waals surface area contributed by atoms with Crippen LogP contribution >= 0.6 is 11.6 Å². The van der Waals surface area contributed by atoms with E-state index in [1.54, 1.807) is 12.1 Å². The van der Waals surface area contributed by atoms with Crippen molar-refractivity contribution in [1.29, 1.82) is 0 Å². The molecular formula is C13H18ClN3O2. The Labute approximate surface area is 117 Å². The molecule has 0 aromatic heterocycles. The molecule has 1 rings (SSSR count). The molecule has 0 saturated heterocycles. The van der Waals surface area contributed by atoms with Crippen molar-refractivity contribution in [3.05, 3.63) is 28.8 Å². The van der Waals surface area contributed by atoms with Gasteiger partial charge in [0.2, 0.25) is 5.91 Å². The van der Waals surface area contributed by atoms with Crippen LogP contribution in [-0.2, 0) is 4.79 Å². The van der Waals surface area contributed by atoms with Crippen LogP contribution in [0.5, 0.6) is 0 Å². The zero-order valence-electron chi connectivity index (χ0n) is 11.0. The van der Waals surface area contributed by atoms with E-state index in [1.807, 2.05) is 13.8 Å². The third kappa shape index (κ3) is 5.18. The van der Waals surface area contributed by atoms with Gasteiger partial charge in [0, 0.05) is 24.6 Å². The Balaban J connectivity index is 2.43. The third-order valence-electron chi connectivity index (χ3n) is 2.35. The maximum absolute atomic E-state index is 11.8. The van der Waals surface area contributed by atoms with Crippen LogP contribution in [0.3, 0.4) is 0 Å². The van der Waals surface area contributed by atoms with Crippen LogP contribution in [0, 0.1) is 0 Å². The van der Waals surface area contributed by atoms with Crippen molar-refractivity contribution in [3.8, 4) is 0 Å². The van der Waals surface area contributed by atoms with Crippen LogP contribution in [0.25, 0.3) is 0 Å². The first-order valence-electron chi connectivity index (χ1n) is 6.02. The minimum atomic E-state index is -0.278. The van der Waals surface area contributed by atoms with Gasteiger partial charge in [-0.05, 0) is 32.0 Å². The summed E-state index contributed by atoms with van der Waals surface area (Å²) < 4.78 is 0. The highest BCUT2D eigenvalue weighted by Gasteiger charge is 2.08. The molecule has 0 bridgehead atoms. The quantitative estimate of drug-likeness (QED) is 0.717. The summed E-state index contributed by atoms with van der Waals surface area (Å²) in [5.74, 6) is -0.370. The number of rotatable bonds is 5. The summed E-state index contributed by atoms with van der Waals surface area (Å²) in [7, 11) is 0. The van der Waals surface area contributed by atoms with Gasteiger partial charge in [-0.3, -0.25) is 9.59 Å². The molecule has 6 heteroatoms. The van der Waals surface area contributed by atoms with Crippen molar-refractivity contribution < 1.29 is 9.59 Å². The molecule has 0 atom stereocenters. The number of nitrogens with two attached hydrogens (primary N) is 1. The highest BCUT2D eigenvalue weighted by Crippen LogP contribution is 2.19. The maximum atomic E-state index is 11.8. The van der Waals surface area contributed by atoms with Gasteiger partial charge in [0.05, 0.1) is 10.7 Å². The molecule has 1 aromatic carbocycles. The van der Waals surface area contributed by atoms with Gasteiger partial charge in [0.25, 0.3) is 5.91 Å². The number of benzene rings is 1. The van der Waals surface area contributed by atoms with Gasteiger partial charge in [-0.2, -0.15) is 0 Å². The van der Waals surface area contributed by atoms with E-state index in [-0.39, 0.29) is 30.8 Å². The Bertz CT molecular complexity index is 475. The average Bonchev–Trinajstić information content (AvgIpc) is 2.31. The average molecular weight is 284 g/mol. The number of carbonyl (C=O) groups excluding carboxylic acids is 2. The van der Waals surface area contributed by atoms with E-state index < -0.39 is 0 Å². The highest BCUT2D eigenvalue weighted by atomic mass is 35.5. The Morgan fingerprint density at radius 1 is 1.37 bits per heavy atom. The van der Waals surface area contributed by atoms with Gasteiger partial charge in [-0.1, -0.05) is 11.6 Å². The second kappa shape index (κ2) is 6.99. The largest absolute Gasteiger partial charge is 0.398 e. The first kappa shape index (κ1) is 15.3. The van der Waals surface area contributed by atoms with E-state index in [1.165, 1.54) is 6.07 Å². The molecule has 0 aliphatic rings. The number of hydrogen-bond acceptors (Lipinski definition) is 3. The van der Waals surface area contributed by atoms with Crippen molar-refractivity contribution in [2.75, 3.05) is 12.3 Å². The Hall–Kier alpha value is -1.75. The lowest BCUT2D eigenvalue weighted by atomic mass is 10.2. The van der Waals surface area contributed by atoms with Gasteiger partial charge in [-0.25, -0.2) is 0 Å². The van der Waals surface area contributed by atoms with Crippen LogP contribution in [0.15, 0.2) is 18.2 Å². The topological polar surface area (TPSA) is 84.2 Å². The van der Waals surface area contributed by atoms with Gasteiger partial charge in [-0.15, -0.1) is 0 Å². The van der Waals surface area contributed by atoms with Gasteiger partial charge >= 0.3 is 0 Å². The Morgan fingerprint density at radius 3 is 2.63 bits per heavy atom. The molecule has 4 N–H and O–H groups in total. The second-order valence-electron chi connectivity index (χ2n) is 4.46. The fourth-order valence-electron chi connectivity index (χ4n) is 1.45. The molecule has 0 unspecified atom stereocenters. The van der Waals surface area contributed by atoms with E-state index >= 15 is 0 Å². The molecule has 0 radical (unpaired) electrons. The number of nitrogens with one attached hydrogen (secondary N) is 2. The van der Waals surface area contributed by atoms with Gasteiger partial charge in [0.15, 0.2) is 0 Å². The number of amides is 2.